The van der Waals surface area contributed by atoms with E-state index in [1.807, 2.05) is 6.92 Å². The van der Waals surface area contributed by atoms with Gasteiger partial charge in [-0.1, -0.05) is 38.3 Å². The number of carbonyl (C=O) groups excluding carboxylic acids is 1. The van der Waals surface area contributed by atoms with Gasteiger partial charge in [0.15, 0.2) is 5.78 Å². The summed E-state index contributed by atoms with van der Waals surface area (Å²) in [6.07, 6.45) is 5.01. The minimum absolute atomic E-state index is 0.243. The summed E-state index contributed by atoms with van der Waals surface area (Å²) in [6, 6.07) is 0. The lowest BCUT2D eigenvalue weighted by molar-refractivity contribution is -0.112. The van der Waals surface area contributed by atoms with Crippen molar-refractivity contribution in [3.8, 4) is 0 Å². The summed E-state index contributed by atoms with van der Waals surface area (Å²) >= 11 is 0. The number of carbonyl (C=O) groups is 1. The third kappa shape index (κ3) is 2.34. The van der Waals surface area contributed by atoms with Crippen LogP contribution in [-0.4, -0.2) is 5.78 Å². The van der Waals surface area contributed by atoms with Crippen molar-refractivity contribution in [2.75, 3.05) is 0 Å². The van der Waals surface area contributed by atoms with Crippen molar-refractivity contribution < 1.29 is 4.79 Å². The minimum Gasteiger partial charge on any atom is -0.290 e. The molecule has 0 aromatic heterocycles. The number of ketones is 1. The third-order valence-corrected chi connectivity index (χ3v) is 2.65. The molecule has 0 N–H and O–H groups in total. The molecule has 1 aliphatic rings. The van der Waals surface area contributed by atoms with E-state index in [1.165, 1.54) is 11.1 Å². The molecule has 1 nitrogen and oxygen atoms in total. The first-order chi connectivity index (χ1) is 6.56. The molecular weight excluding hydrogens is 172 g/mol. The van der Waals surface area contributed by atoms with Gasteiger partial charge in [-0.15, -0.1) is 0 Å². The molecule has 0 fully saturated rings. The van der Waals surface area contributed by atoms with Crippen molar-refractivity contribution in [3.05, 3.63) is 22.8 Å². The van der Waals surface area contributed by atoms with Crippen LogP contribution < -0.4 is 0 Å². The van der Waals surface area contributed by atoms with Crippen molar-refractivity contribution in [3.63, 3.8) is 0 Å². The Kier molecular flexibility index (Phi) is 3.68. The average Bonchev–Trinajstić information content (AvgIpc) is 2.01. The summed E-state index contributed by atoms with van der Waals surface area (Å²) in [7, 11) is 0. The Morgan fingerprint density at radius 3 is 2.57 bits per heavy atom. The lowest BCUT2D eigenvalue weighted by Crippen LogP contribution is -2.14. The quantitative estimate of drug-likeness (QED) is 0.667. The molecule has 1 heteroatoms. The molecule has 0 aliphatic heterocycles. The summed E-state index contributed by atoms with van der Waals surface area (Å²) in [5.41, 5.74) is 3.65. The maximum atomic E-state index is 11.8. The van der Waals surface area contributed by atoms with Gasteiger partial charge in [0.1, 0.15) is 0 Å². The smallest absolute Gasteiger partial charge is 0.181 e. The predicted octanol–water partition coefficient (Wildman–Crippen LogP) is 3.66. The normalized spacial score (nSPS) is 17.8. The Morgan fingerprint density at radius 1 is 1.43 bits per heavy atom. The van der Waals surface area contributed by atoms with Crippen molar-refractivity contribution in [1.82, 2.24) is 0 Å². The Labute approximate surface area is 86.9 Å². The standard InChI is InChI=1S/C13H20O/c1-5-6-11-7-10(4)8-12(14)13(11)9(2)3/h8-9H,5-7H2,1-4H3. The van der Waals surface area contributed by atoms with E-state index in [0.717, 1.165) is 24.8 Å². The molecule has 1 aliphatic carbocycles. The highest BCUT2D eigenvalue weighted by Gasteiger charge is 2.20. The van der Waals surface area contributed by atoms with E-state index in [1.54, 1.807) is 6.08 Å². The van der Waals surface area contributed by atoms with E-state index in [-0.39, 0.29) is 5.78 Å². The van der Waals surface area contributed by atoms with Gasteiger partial charge in [-0.25, -0.2) is 0 Å². The molecule has 0 amide bonds. The van der Waals surface area contributed by atoms with Crippen molar-refractivity contribution in [2.45, 2.75) is 47.0 Å². The summed E-state index contributed by atoms with van der Waals surface area (Å²) in [6.45, 7) is 8.43. The Balaban J connectivity index is 3.00. The number of allylic oxidation sites excluding steroid dienone is 4. The number of hydrogen-bond donors (Lipinski definition) is 0. The zero-order valence-electron chi connectivity index (χ0n) is 9.68. The molecule has 1 rings (SSSR count). The van der Waals surface area contributed by atoms with Crippen LogP contribution in [0.4, 0.5) is 0 Å². The highest BCUT2D eigenvalue weighted by molar-refractivity contribution is 6.06. The Hall–Kier alpha value is -0.850. The Morgan fingerprint density at radius 2 is 2.07 bits per heavy atom. The largest absolute Gasteiger partial charge is 0.290 e. The molecule has 78 valence electrons. The van der Waals surface area contributed by atoms with Gasteiger partial charge in [-0.05, 0) is 31.8 Å². The topological polar surface area (TPSA) is 17.1 Å². The van der Waals surface area contributed by atoms with E-state index in [9.17, 15) is 4.79 Å². The number of hydrogen-bond acceptors (Lipinski definition) is 1. The van der Waals surface area contributed by atoms with Crippen LogP contribution in [0.15, 0.2) is 22.8 Å². The molecule has 0 spiro atoms. The summed E-state index contributed by atoms with van der Waals surface area (Å²) in [4.78, 5) is 11.8. The fourth-order valence-electron chi connectivity index (χ4n) is 2.18. The average molecular weight is 192 g/mol. The predicted molar refractivity (Wildman–Crippen MR) is 60.2 cm³/mol. The van der Waals surface area contributed by atoms with Crippen LogP contribution in [0.3, 0.4) is 0 Å². The highest BCUT2D eigenvalue weighted by atomic mass is 16.1. The zero-order chi connectivity index (χ0) is 10.7. The van der Waals surface area contributed by atoms with Crippen LogP contribution in [-0.2, 0) is 4.79 Å². The third-order valence-electron chi connectivity index (χ3n) is 2.65. The molecule has 0 saturated heterocycles. The van der Waals surface area contributed by atoms with Crippen molar-refractivity contribution >= 4 is 5.78 Å². The van der Waals surface area contributed by atoms with E-state index in [4.69, 9.17) is 0 Å². The molecule has 0 heterocycles. The second-order valence-corrected chi connectivity index (χ2v) is 4.45. The fourth-order valence-corrected chi connectivity index (χ4v) is 2.18. The zero-order valence-corrected chi connectivity index (χ0v) is 9.68. The van der Waals surface area contributed by atoms with Crippen LogP contribution in [0, 0.1) is 5.92 Å². The molecule has 0 aromatic carbocycles. The van der Waals surface area contributed by atoms with Crippen LogP contribution in [0.1, 0.15) is 47.0 Å². The second kappa shape index (κ2) is 4.59. The van der Waals surface area contributed by atoms with E-state index in [2.05, 4.69) is 20.8 Å². The van der Waals surface area contributed by atoms with Gasteiger partial charge in [0.25, 0.3) is 0 Å². The Bertz CT molecular complexity index is 292. The molecule has 0 saturated carbocycles. The molecule has 14 heavy (non-hydrogen) atoms. The highest BCUT2D eigenvalue weighted by Crippen LogP contribution is 2.29. The van der Waals surface area contributed by atoms with E-state index < -0.39 is 0 Å². The van der Waals surface area contributed by atoms with Gasteiger partial charge in [-0.2, -0.15) is 0 Å². The molecular formula is C13H20O. The lowest BCUT2D eigenvalue weighted by atomic mass is 9.83. The van der Waals surface area contributed by atoms with Gasteiger partial charge in [0.05, 0.1) is 0 Å². The molecule has 0 unspecified atom stereocenters. The lowest BCUT2D eigenvalue weighted by Gasteiger charge is -2.20. The van der Waals surface area contributed by atoms with E-state index in [0.29, 0.717) is 5.92 Å². The molecule has 0 bridgehead atoms. The first-order valence-electron chi connectivity index (χ1n) is 5.49. The number of rotatable bonds is 3. The van der Waals surface area contributed by atoms with E-state index >= 15 is 0 Å². The maximum Gasteiger partial charge on any atom is 0.181 e. The van der Waals surface area contributed by atoms with Crippen LogP contribution in [0.5, 0.6) is 0 Å². The van der Waals surface area contributed by atoms with Crippen molar-refractivity contribution in [1.29, 1.82) is 0 Å². The summed E-state index contributed by atoms with van der Waals surface area (Å²) in [5, 5.41) is 0. The molecule has 0 radical (unpaired) electrons. The van der Waals surface area contributed by atoms with Gasteiger partial charge >= 0.3 is 0 Å². The van der Waals surface area contributed by atoms with Gasteiger partial charge in [-0.3, -0.25) is 4.79 Å². The second-order valence-electron chi connectivity index (χ2n) is 4.45. The van der Waals surface area contributed by atoms with Crippen LogP contribution >= 0.6 is 0 Å². The van der Waals surface area contributed by atoms with Crippen LogP contribution in [0.25, 0.3) is 0 Å². The maximum absolute atomic E-state index is 11.8. The SMILES string of the molecule is CCCC1=C(C(C)C)C(=O)C=C(C)C1. The minimum atomic E-state index is 0.243. The molecule has 0 atom stereocenters. The fraction of sp³-hybridized carbons (Fsp3) is 0.615. The van der Waals surface area contributed by atoms with Gasteiger partial charge in [0.2, 0.25) is 0 Å². The van der Waals surface area contributed by atoms with Crippen LogP contribution in [0.2, 0.25) is 0 Å². The first kappa shape index (κ1) is 11.2. The summed E-state index contributed by atoms with van der Waals surface area (Å²) in [5.74, 6) is 0.612. The summed E-state index contributed by atoms with van der Waals surface area (Å²) < 4.78 is 0. The van der Waals surface area contributed by atoms with Gasteiger partial charge < -0.3 is 0 Å². The van der Waals surface area contributed by atoms with Crippen molar-refractivity contribution in [2.24, 2.45) is 5.92 Å². The first-order valence-corrected chi connectivity index (χ1v) is 5.49. The van der Waals surface area contributed by atoms with Gasteiger partial charge in [0, 0.05) is 5.57 Å². The monoisotopic (exact) mass is 192 g/mol. The molecule has 0 aromatic rings.